The lowest BCUT2D eigenvalue weighted by molar-refractivity contribution is -0.474. The molecular weight excluding hydrogens is 164 g/mol. The molecule has 0 fully saturated rings. The number of nitrogens with zero attached hydrogens (tertiary/aromatic N) is 2. The molecule has 0 aromatic carbocycles. The first kappa shape index (κ1) is 10.5. The SMILES string of the molecule is CC/C(=C(\CC)[N+](=O)[O-])[N+](=O)[O-]. The highest BCUT2D eigenvalue weighted by Gasteiger charge is 2.24. The minimum atomic E-state index is -0.693. The Balaban J connectivity index is 5.01. The Hall–Kier alpha value is -1.46. The largest absolute Gasteiger partial charge is 0.317 e. The van der Waals surface area contributed by atoms with Crippen LogP contribution in [-0.4, -0.2) is 9.85 Å². The summed E-state index contributed by atoms with van der Waals surface area (Å²) in [5.74, 6) is 0. The van der Waals surface area contributed by atoms with Crippen LogP contribution in [0, 0.1) is 20.2 Å². The predicted molar refractivity (Wildman–Crippen MR) is 41.6 cm³/mol. The molecule has 0 aliphatic heterocycles. The molecule has 0 saturated carbocycles. The van der Waals surface area contributed by atoms with Gasteiger partial charge in [-0.1, -0.05) is 13.8 Å². The van der Waals surface area contributed by atoms with Crippen molar-refractivity contribution in [3.05, 3.63) is 31.6 Å². The zero-order valence-electron chi connectivity index (χ0n) is 6.94. The van der Waals surface area contributed by atoms with Gasteiger partial charge in [0.15, 0.2) is 0 Å². The summed E-state index contributed by atoms with van der Waals surface area (Å²) in [7, 11) is 0. The van der Waals surface area contributed by atoms with Gasteiger partial charge in [-0.05, 0) is 0 Å². The first-order chi connectivity index (χ1) is 5.54. The van der Waals surface area contributed by atoms with Crippen molar-refractivity contribution in [3.8, 4) is 0 Å². The zero-order valence-corrected chi connectivity index (χ0v) is 6.94. The molecule has 0 aliphatic carbocycles. The lowest BCUT2D eigenvalue weighted by Gasteiger charge is -1.95. The quantitative estimate of drug-likeness (QED) is 0.478. The summed E-state index contributed by atoms with van der Waals surface area (Å²) >= 11 is 0. The van der Waals surface area contributed by atoms with Crippen LogP contribution in [0.3, 0.4) is 0 Å². The van der Waals surface area contributed by atoms with Crippen molar-refractivity contribution in [2.75, 3.05) is 0 Å². The highest BCUT2D eigenvalue weighted by atomic mass is 16.6. The third-order valence-corrected chi connectivity index (χ3v) is 1.44. The number of hydrogen-bond donors (Lipinski definition) is 0. The molecule has 0 atom stereocenters. The van der Waals surface area contributed by atoms with Crippen molar-refractivity contribution in [2.24, 2.45) is 0 Å². The Morgan fingerprint density at radius 2 is 1.25 bits per heavy atom. The minimum absolute atomic E-state index is 0.0805. The third kappa shape index (κ3) is 2.30. The van der Waals surface area contributed by atoms with E-state index in [9.17, 15) is 20.2 Å². The Labute approximate surface area is 69.2 Å². The summed E-state index contributed by atoms with van der Waals surface area (Å²) in [5, 5.41) is 20.6. The first-order valence-electron chi connectivity index (χ1n) is 3.55. The fourth-order valence-electron chi connectivity index (χ4n) is 0.877. The number of rotatable bonds is 4. The van der Waals surface area contributed by atoms with Crippen molar-refractivity contribution in [1.82, 2.24) is 0 Å². The molecule has 0 aromatic heterocycles. The molecule has 0 aromatic rings. The van der Waals surface area contributed by atoms with Gasteiger partial charge in [0.2, 0.25) is 0 Å². The zero-order chi connectivity index (χ0) is 9.72. The Bertz CT molecular complexity index is 210. The number of hydrogen-bond acceptors (Lipinski definition) is 4. The maximum atomic E-state index is 10.3. The Kier molecular flexibility index (Phi) is 3.89. The van der Waals surface area contributed by atoms with Crippen LogP contribution in [0.25, 0.3) is 0 Å². The van der Waals surface area contributed by atoms with E-state index in [4.69, 9.17) is 0 Å². The summed E-state index contributed by atoms with van der Waals surface area (Å²) in [4.78, 5) is 19.2. The van der Waals surface area contributed by atoms with Crippen molar-refractivity contribution in [3.63, 3.8) is 0 Å². The van der Waals surface area contributed by atoms with Gasteiger partial charge in [0.1, 0.15) is 0 Å². The second kappa shape index (κ2) is 4.42. The van der Waals surface area contributed by atoms with Crippen molar-refractivity contribution in [2.45, 2.75) is 26.7 Å². The molecule has 0 amide bonds. The van der Waals surface area contributed by atoms with E-state index in [1.54, 1.807) is 0 Å². The Morgan fingerprint density at radius 1 is 1.00 bits per heavy atom. The van der Waals surface area contributed by atoms with Crippen LogP contribution in [0.5, 0.6) is 0 Å². The molecule has 0 N–H and O–H groups in total. The molecule has 0 saturated heterocycles. The first-order valence-corrected chi connectivity index (χ1v) is 3.55. The van der Waals surface area contributed by atoms with Gasteiger partial charge < -0.3 is 0 Å². The van der Waals surface area contributed by atoms with Crippen LogP contribution >= 0.6 is 0 Å². The van der Waals surface area contributed by atoms with Crippen molar-refractivity contribution >= 4 is 0 Å². The van der Waals surface area contributed by atoms with E-state index in [0.717, 1.165) is 0 Å². The summed E-state index contributed by atoms with van der Waals surface area (Å²) in [5.41, 5.74) is -0.606. The molecule has 0 aliphatic rings. The van der Waals surface area contributed by atoms with Gasteiger partial charge in [-0.25, -0.2) is 0 Å². The van der Waals surface area contributed by atoms with E-state index >= 15 is 0 Å². The molecule has 68 valence electrons. The molecule has 0 heterocycles. The second-order valence-corrected chi connectivity index (χ2v) is 2.11. The van der Waals surface area contributed by atoms with Crippen molar-refractivity contribution < 1.29 is 9.85 Å². The van der Waals surface area contributed by atoms with Gasteiger partial charge in [0.25, 0.3) is 0 Å². The topological polar surface area (TPSA) is 86.3 Å². The van der Waals surface area contributed by atoms with E-state index in [1.807, 2.05) is 0 Å². The molecule has 6 nitrogen and oxygen atoms in total. The molecular formula is C6H10N2O4. The fraction of sp³-hybridized carbons (Fsp3) is 0.667. The van der Waals surface area contributed by atoms with Crippen LogP contribution in [-0.2, 0) is 0 Å². The van der Waals surface area contributed by atoms with E-state index in [1.165, 1.54) is 13.8 Å². The standard InChI is InChI=1S/C6H10N2O4/c1-3-5(7(9)10)6(4-2)8(11)12/h3-4H2,1-2H3/b6-5-. The minimum Gasteiger partial charge on any atom is -0.258 e. The van der Waals surface area contributed by atoms with E-state index in [-0.39, 0.29) is 24.2 Å². The van der Waals surface area contributed by atoms with Crippen LogP contribution in [0.2, 0.25) is 0 Å². The third-order valence-electron chi connectivity index (χ3n) is 1.44. The van der Waals surface area contributed by atoms with Gasteiger partial charge in [0.05, 0.1) is 9.85 Å². The normalized spacial score (nSPS) is 12.2. The monoisotopic (exact) mass is 174 g/mol. The molecule has 0 radical (unpaired) electrons. The molecule has 0 bridgehead atoms. The maximum absolute atomic E-state index is 10.3. The number of nitro groups is 2. The molecule has 6 heteroatoms. The summed E-state index contributed by atoms with van der Waals surface area (Å²) < 4.78 is 0. The van der Waals surface area contributed by atoms with Crippen LogP contribution in [0.15, 0.2) is 11.4 Å². The Morgan fingerprint density at radius 3 is 1.33 bits per heavy atom. The number of allylic oxidation sites excluding steroid dienone is 2. The van der Waals surface area contributed by atoms with Gasteiger partial charge in [-0.2, -0.15) is 0 Å². The summed E-state index contributed by atoms with van der Waals surface area (Å²) in [6.45, 7) is 3.05. The maximum Gasteiger partial charge on any atom is 0.317 e. The highest BCUT2D eigenvalue weighted by Crippen LogP contribution is 2.12. The second-order valence-electron chi connectivity index (χ2n) is 2.11. The summed E-state index contributed by atoms with van der Waals surface area (Å²) in [6, 6.07) is 0. The van der Waals surface area contributed by atoms with E-state index in [2.05, 4.69) is 0 Å². The molecule has 0 spiro atoms. The lowest BCUT2D eigenvalue weighted by atomic mass is 10.2. The average Bonchev–Trinajstić information content (AvgIpc) is 1.98. The average molecular weight is 174 g/mol. The fourth-order valence-corrected chi connectivity index (χ4v) is 0.877. The van der Waals surface area contributed by atoms with Crippen LogP contribution < -0.4 is 0 Å². The smallest absolute Gasteiger partial charge is 0.258 e. The predicted octanol–water partition coefficient (Wildman–Crippen LogP) is 1.57. The van der Waals surface area contributed by atoms with Gasteiger partial charge in [-0.15, -0.1) is 0 Å². The van der Waals surface area contributed by atoms with Crippen LogP contribution in [0.1, 0.15) is 26.7 Å². The lowest BCUT2D eigenvalue weighted by Crippen LogP contribution is -2.08. The van der Waals surface area contributed by atoms with E-state index in [0.29, 0.717) is 0 Å². The summed E-state index contributed by atoms with van der Waals surface area (Å²) in [6.07, 6.45) is 0.161. The van der Waals surface area contributed by atoms with Crippen LogP contribution in [0.4, 0.5) is 0 Å². The van der Waals surface area contributed by atoms with Gasteiger partial charge in [0, 0.05) is 12.8 Å². The van der Waals surface area contributed by atoms with Crippen molar-refractivity contribution in [1.29, 1.82) is 0 Å². The van der Waals surface area contributed by atoms with Gasteiger partial charge >= 0.3 is 11.4 Å². The molecule has 12 heavy (non-hydrogen) atoms. The molecule has 0 unspecified atom stereocenters. The van der Waals surface area contributed by atoms with Gasteiger partial charge in [-0.3, -0.25) is 20.2 Å². The van der Waals surface area contributed by atoms with E-state index < -0.39 is 9.85 Å². The highest BCUT2D eigenvalue weighted by molar-refractivity contribution is 4.97. The molecule has 0 rings (SSSR count).